The highest BCUT2D eigenvalue weighted by atomic mass is 15.3. The number of anilines is 2. The van der Waals surface area contributed by atoms with Crippen LogP contribution in [0, 0.1) is 21.7 Å². The molecule has 0 radical (unpaired) electrons. The zero-order valence-electron chi connectivity index (χ0n) is 45.8. The van der Waals surface area contributed by atoms with E-state index in [4.69, 9.17) is 0 Å². The summed E-state index contributed by atoms with van der Waals surface area (Å²) >= 11 is 0. The minimum atomic E-state index is 0.175. The van der Waals surface area contributed by atoms with E-state index in [-0.39, 0.29) is 11.1 Å². The predicted octanol–water partition coefficient (Wildman–Crippen LogP) is 15.9. The van der Waals surface area contributed by atoms with Crippen LogP contribution in [0.5, 0.6) is 0 Å². The van der Waals surface area contributed by atoms with E-state index in [2.05, 4.69) is 234 Å². The molecule has 4 nitrogen and oxygen atoms in total. The summed E-state index contributed by atoms with van der Waals surface area (Å²) in [6, 6.07) is 20.5. The lowest BCUT2D eigenvalue weighted by molar-refractivity contribution is -0.00414. The Bertz CT molecular complexity index is 1620. The molecule has 4 atom stereocenters. The average molecular weight is 857 g/mol. The van der Waals surface area contributed by atoms with E-state index in [0.29, 0.717) is 44.8 Å². The van der Waals surface area contributed by atoms with Gasteiger partial charge in [0.05, 0.1) is 0 Å². The summed E-state index contributed by atoms with van der Waals surface area (Å²) in [6.07, 6.45) is 10.6. The Morgan fingerprint density at radius 3 is 1.10 bits per heavy atom. The second-order valence-corrected chi connectivity index (χ2v) is 28.0. The molecule has 6 rings (SSSR count). The summed E-state index contributed by atoms with van der Waals surface area (Å²) in [5.41, 5.74) is 8.41. The number of hydrogen-bond acceptors (Lipinski definition) is 4. The normalized spacial score (nSPS) is 23.3. The van der Waals surface area contributed by atoms with Crippen molar-refractivity contribution >= 4 is 11.4 Å². The molecule has 0 bridgehead atoms. The van der Waals surface area contributed by atoms with Gasteiger partial charge in [-0.2, -0.15) is 0 Å². The van der Waals surface area contributed by atoms with Gasteiger partial charge in [-0.05, 0) is 186 Å². The van der Waals surface area contributed by atoms with E-state index >= 15 is 0 Å². The van der Waals surface area contributed by atoms with E-state index in [9.17, 15) is 0 Å². The molecule has 4 heteroatoms. The average Bonchev–Trinajstić information content (AvgIpc) is 3.78. The Labute approximate surface area is 387 Å². The Morgan fingerprint density at radius 2 is 0.710 bits per heavy atom. The topological polar surface area (TPSA) is 13.0 Å². The SMILES string of the molecule is CC(C)(C)C1CCCCN1C(C)(C)C.CC(C)(C)C1CCCN1C(C)(C)C.CC(C)(C)C1CCc2ccccc2N1C(C)(C)C.CC(C)(C)C1Cc2ccccc2N1C(C)(C)C. The van der Waals surface area contributed by atoms with Crippen molar-refractivity contribution in [2.75, 3.05) is 22.9 Å². The third-order valence-corrected chi connectivity index (χ3v) is 14.1. The second kappa shape index (κ2) is 19.8. The van der Waals surface area contributed by atoms with Crippen molar-refractivity contribution < 1.29 is 0 Å². The molecule has 0 saturated carbocycles. The molecule has 0 N–H and O–H groups in total. The minimum absolute atomic E-state index is 0.175. The van der Waals surface area contributed by atoms with Crippen LogP contribution in [0.25, 0.3) is 0 Å². The number of hydrogen-bond donors (Lipinski definition) is 0. The Morgan fingerprint density at radius 1 is 0.355 bits per heavy atom. The molecular weight excluding hydrogens is 753 g/mol. The van der Waals surface area contributed by atoms with E-state index < -0.39 is 0 Å². The number of piperidine rings is 1. The molecule has 2 aromatic carbocycles. The van der Waals surface area contributed by atoms with Crippen molar-refractivity contribution in [3.05, 3.63) is 59.7 Å². The summed E-state index contributed by atoms with van der Waals surface area (Å²) in [5.74, 6) is 0. The number of benzene rings is 2. The zero-order valence-corrected chi connectivity index (χ0v) is 45.8. The van der Waals surface area contributed by atoms with Crippen molar-refractivity contribution in [2.24, 2.45) is 21.7 Å². The molecule has 0 aromatic heterocycles. The summed E-state index contributed by atoms with van der Waals surface area (Å²) < 4.78 is 0. The molecule has 4 aliphatic heterocycles. The third-order valence-electron chi connectivity index (χ3n) is 14.1. The Kier molecular flexibility index (Phi) is 17.4. The fraction of sp³-hybridized carbons (Fsp3) is 0.793. The van der Waals surface area contributed by atoms with Crippen molar-refractivity contribution in [1.29, 1.82) is 0 Å². The number of para-hydroxylation sites is 2. The first-order valence-corrected chi connectivity index (χ1v) is 25.2. The first-order chi connectivity index (χ1) is 27.9. The van der Waals surface area contributed by atoms with Crippen molar-refractivity contribution in [1.82, 2.24) is 9.80 Å². The molecule has 4 aliphatic rings. The molecule has 0 spiro atoms. The summed E-state index contributed by atoms with van der Waals surface area (Å²) in [7, 11) is 0. The van der Waals surface area contributed by atoms with Crippen LogP contribution in [-0.4, -0.2) is 69.2 Å². The van der Waals surface area contributed by atoms with Gasteiger partial charge in [-0.1, -0.05) is 126 Å². The smallest absolute Gasteiger partial charge is 0.0406 e. The van der Waals surface area contributed by atoms with E-state index in [0.717, 1.165) is 12.1 Å². The van der Waals surface area contributed by atoms with Crippen LogP contribution in [0.4, 0.5) is 11.4 Å². The lowest BCUT2D eigenvalue weighted by Crippen LogP contribution is -2.55. The first-order valence-electron chi connectivity index (χ1n) is 25.2. The minimum Gasteiger partial charge on any atom is -0.363 e. The molecule has 356 valence electrons. The van der Waals surface area contributed by atoms with Crippen LogP contribution >= 0.6 is 0 Å². The largest absolute Gasteiger partial charge is 0.363 e. The Balaban J connectivity index is 0.000000222. The Hall–Kier alpha value is -2.04. The standard InChI is InChI=1S/C17H27N.C16H25N.C13H27N.C12H25N/c1-16(2,3)15-12-11-13-9-7-8-10-14(13)18(15)17(4,5)6;1-15(2,3)14-11-12-9-7-8-10-13(12)17(14)16(4,5)6;1-12(2,3)11-9-7-8-10-14(11)13(4,5)6;1-11(2,3)10-8-7-9-13(10)12(4,5)6/h7-10,15H,11-12H2,1-6H3;7-10,14H,11H2,1-6H3;11H,7-10H2,1-6H3;10H,7-9H2,1-6H3. The number of fused-ring (bicyclic) bond motifs is 2. The lowest BCUT2D eigenvalue weighted by atomic mass is 9.77. The van der Waals surface area contributed by atoms with Crippen LogP contribution in [0.15, 0.2) is 48.5 Å². The maximum atomic E-state index is 2.70. The van der Waals surface area contributed by atoms with Crippen LogP contribution in [0.2, 0.25) is 0 Å². The van der Waals surface area contributed by atoms with Crippen molar-refractivity contribution in [3.63, 3.8) is 0 Å². The van der Waals surface area contributed by atoms with Gasteiger partial charge in [-0.25, -0.2) is 0 Å². The molecule has 2 aromatic rings. The fourth-order valence-electron chi connectivity index (χ4n) is 11.2. The molecule has 2 saturated heterocycles. The van der Waals surface area contributed by atoms with Gasteiger partial charge in [0.25, 0.3) is 0 Å². The maximum Gasteiger partial charge on any atom is 0.0406 e. The van der Waals surface area contributed by atoms with Crippen LogP contribution in [0.3, 0.4) is 0 Å². The molecular formula is C58H104N4. The molecule has 0 aliphatic carbocycles. The van der Waals surface area contributed by atoms with E-state index in [1.807, 2.05) is 0 Å². The van der Waals surface area contributed by atoms with E-state index in [1.165, 1.54) is 87.0 Å². The summed E-state index contributed by atoms with van der Waals surface area (Å²) in [6.45, 7) is 58.9. The van der Waals surface area contributed by atoms with Gasteiger partial charge in [0.1, 0.15) is 0 Å². The first kappa shape index (κ1) is 54.3. The molecule has 2 fully saturated rings. The summed E-state index contributed by atoms with van der Waals surface area (Å²) in [5, 5.41) is 0. The molecule has 4 unspecified atom stereocenters. The summed E-state index contributed by atoms with van der Waals surface area (Å²) in [4.78, 5) is 10.6. The van der Waals surface area contributed by atoms with Gasteiger partial charge in [0, 0.05) is 57.7 Å². The van der Waals surface area contributed by atoms with Gasteiger partial charge in [0.15, 0.2) is 0 Å². The fourth-order valence-corrected chi connectivity index (χ4v) is 11.2. The predicted molar refractivity (Wildman–Crippen MR) is 278 cm³/mol. The molecule has 4 heterocycles. The maximum absolute atomic E-state index is 2.70. The van der Waals surface area contributed by atoms with Crippen molar-refractivity contribution in [2.45, 2.75) is 264 Å². The van der Waals surface area contributed by atoms with E-state index in [1.54, 1.807) is 0 Å². The zero-order chi connectivity index (χ0) is 47.7. The second-order valence-electron chi connectivity index (χ2n) is 28.0. The monoisotopic (exact) mass is 857 g/mol. The van der Waals surface area contributed by atoms with Crippen molar-refractivity contribution in [3.8, 4) is 0 Å². The van der Waals surface area contributed by atoms with Gasteiger partial charge in [0.2, 0.25) is 0 Å². The van der Waals surface area contributed by atoms with Crippen LogP contribution in [-0.2, 0) is 12.8 Å². The highest BCUT2D eigenvalue weighted by Gasteiger charge is 2.43. The molecule has 62 heavy (non-hydrogen) atoms. The van der Waals surface area contributed by atoms with Gasteiger partial charge in [-0.15, -0.1) is 0 Å². The van der Waals surface area contributed by atoms with Gasteiger partial charge >= 0.3 is 0 Å². The highest BCUT2D eigenvalue weighted by Crippen LogP contribution is 2.45. The van der Waals surface area contributed by atoms with Gasteiger partial charge < -0.3 is 9.80 Å². The van der Waals surface area contributed by atoms with Crippen LogP contribution < -0.4 is 9.80 Å². The number of nitrogens with zero attached hydrogens (tertiary/aromatic N) is 4. The lowest BCUT2D eigenvalue weighted by Gasteiger charge is -2.52. The highest BCUT2D eigenvalue weighted by molar-refractivity contribution is 5.62. The van der Waals surface area contributed by atoms with Crippen LogP contribution in [0.1, 0.15) is 216 Å². The van der Waals surface area contributed by atoms with Gasteiger partial charge in [-0.3, -0.25) is 9.80 Å². The number of rotatable bonds is 0. The number of likely N-dealkylation sites (tertiary alicyclic amines) is 2. The third kappa shape index (κ3) is 14.5. The number of aryl methyl sites for hydroxylation is 1. The molecule has 0 amide bonds. The quantitative estimate of drug-likeness (QED) is 0.262.